The predicted molar refractivity (Wildman–Crippen MR) is 120 cm³/mol. The highest BCUT2D eigenvalue weighted by Gasteiger charge is 2.16. The van der Waals surface area contributed by atoms with E-state index in [9.17, 15) is 9.59 Å². The van der Waals surface area contributed by atoms with Gasteiger partial charge in [0.25, 0.3) is 0 Å². The summed E-state index contributed by atoms with van der Waals surface area (Å²) in [6, 6.07) is 9.58. The molecule has 1 atom stereocenters. The molecule has 8 heteroatoms. The lowest BCUT2D eigenvalue weighted by atomic mass is 10.1. The van der Waals surface area contributed by atoms with Crippen LogP contribution in [0.1, 0.15) is 35.9 Å². The summed E-state index contributed by atoms with van der Waals surface area (Å²) in [4.78, 5) is 25.5. The number of fused-ring (bicyclic) bond motifs is 3. The van der Waals surface area contributed by atoms with E-state index in [2.05, 4.69) is 15.5 Å². The van der Waals surface area contributed by atoms with Crippen LogP contribution in [-0.4, -0.2) is 35.9 Å². The first kappa shape index (κ1) is 20.8. The Balaban J connectivity index is 1.48. The summed E-state index contributed by atoms with van der Waals surface area (Å²) in [6.45, 7) is 8.12. The Morgan fingerprint density at radius 1 is 1.16 bits per heavy atom. The Labute approximate surface area is 180 Å². The van der Waals surface area contributed by atoms with Crippen molar-refractivity contribution >= 4 is 22.5 Å². The highest BCUT2D eigenvalue weighted by Crippen LogP contribution is 2.18. The van der Waals surface area contributed by atoms with Crippen molar-refractivity contribution in [2.24, 2.45) is 7.05 Å². The van der Waals surface area contributed by atoms with Crippen molar-refractivity contribution in [2.75, 3.05) is 0 Å². The van der Waals surface area contributed by atoms with Crippen LogP contribution in [0.5, 0.6) is 0 Å². The van der Waals surface area contributed by atoms with Gasteiger partial charge in [0.05, 0.1) is 17.8 Å². The lowest BCUT2D eigenvalue weighted by Gasteiger charge is -2.13. The molecule has 0 fully saturated rings. The minimum atomic E-state index is -0.224. The first-order valence-electron chi connectivity index (χ1n) is 10.5. The average Bonchev–Trinajstić information content (AvgIpc) is 3.17. The normalized spacial score (nSPS) is 12.5. The lowest BCUT2D eigenvalue weighted by Crippen LogP contribution is -2.38. The quantitative estimate of drug-likeness (QED) is 0.519. The molecule has 0 aliphatic carbocycles. The van der Waals surface area contributed by atoms with Crippen LogP contribution in [-0.2, 0) is 24.8 Å². The monoisotopic (exact) mass is 420 g/mol. The van der Waals surface area contributed by atoms with E-state index in [1.54, 1.807) is 4.40 Å². The number of carbonyl (C=O) groups is 1. The maximum Gasteiger partial charge on any atom is 0.350 e. The van der Waals surface area contributed by atoms with Crippen molar-refractivity contribution in [3.63, 3.8) is 0 Å². The number of hydrogen-bond acceptors (Lipinski definition) is 4. The average molecular weight is 421 g/mol. The molecule has 0 aliphatic rings. The Morgan fingerprint density at radius 2 is 1.90 bits per heavy atom. The van der Waals surface area contributed by atoms with Crippen molar-refractivity contribution in [2.45, 2.75) is 53.1 Å². The summed E-state index contributed by atoms with van der Waals surface area (Å²) in [5.74, 6) is -0.0476. The molecule has 8 nitrogen and oxygen atoms in total. The largest absolute Gasteiger partial charge is 0.352 e. The van der Waals surface area contributed by atoms with Crippen LogP contribution < -0.4 is 11.0 Å². The first-order chi connectivity index (χ1) is 14.8. The second-order valence-electron chi connectivity index (χ2n) is 8.25. The fraction of sp³-hybridized carbons (Fsp3) is 0.391. The van der Waals surface area contributed by atoms with Gasteiger partial charge in [-0.3, -0.25) is 9.48 Å². The van der Waals surface area contributed by atoms with Gasteiger partial charge in [0.2, 0.25) is 5.91 Å². The van der Waals surface area contributed by atoms with Crippen LogP contribution in [0.15, 0.2) is 35.1 Å². The molecule has 3 heterocycles. The highest BCUT2D eigenvalue weighted by molar-refractivity contribution is 5.83. The number of nitrogens with one attached hydrogen (secondary N) is 1. The van der Waals surface area contributed by atoms with Crippen molar-refractivity contribution in [3.8, 4) is 0 Å². The van der Waals surface area contributed by atoms with Gasteiger partial charge in [-0.15, -0.1) is 5.10 Å². The number of hydrogen-bond donors (Lipinski definition) is 1. The molecular weight excluding hydrogens is 392 g/mol. The molecule has 1 aromatic carbocycles. The molecular formula is C23H28N6O2. The van der Waals surface area contributed by atoms with Crippen LogP contribution in [0.4, 0.5) is 0 Å². The third-order valence-corrected chi connectivity index (χ3v) is 5.86. The van der Waals surface area contributed by atoms with E-state index in [1.807, 2.05) is 69.8 Å². The summed E-state index contributed by atoms with van der Waals surface area (Å²) in [5.41, 5.74) is 5.37. The molecule has 4 rings (SSSR count). The Kier molecular flexibility index (Phi) is 5.39. The minimum absolute atomic E-state index is 0.0476. The molecule has 1 amide bonds. The van der Waals surface area contributed by atoms with Crippen molar-refractivity contribution in [1.82, 2.24) is 29.3 Å². The zero-order valence-corrected chi connectivity index (χ0v) is 18.6. The van der Waals surface area contributed by atoms with E-state index in [1.165, 1.54) is 4.68 Å². The zero-order chi connectivity index (χ0) is 22.3. The van der Waals surface area contributed by atoms with Gasteiger partial charge in [-0.05, 0) is 62.8 Å². The standard InChI is InChI=1S/C23H28N6O2/c1-14-12-18-8-6-7-9-20(18)29-22(14)26-28(23(29)31)13-15(2)24-21(30)11-10-19-16(3)25-27(5)17(19)4/h6-9,12,15H,10-11,13H2,1-5H3,(H,24,30)/t15-/m1/s1. The van der Waals surface area contributed by atoms with Crippen molar-refractivity contribution in [3.05, 3.63) is 63.3 Å². The molecule has 0 unspecified atom stereocenters. The second kappa shape index (κ2) is 8.02. The fourth-order valence-corrected chi connectivity index (χ4v) is 4.18. The van der Waals surface area contributed by atoms with Gasteiger partial charge in [0.15, 0.2) is 5.65 Å². The minimum Gasteiger partial charge on any atom is -0.352 e. The van der Waals surface area contributed by atoms with E-state index in [4.69, 9.17) is 0 Å². The molecule has 162 valence electrons. The lowest BCUT2D eigenvalue weighted by molar-refractivity contribution is -0.121. The molecule has 0 saturated carbocycles. The molecule has 0 radical (unpaired) electrons. The van der Waals surface area contributed by atoms with Crippen LogP contribution in [0.2, 0.25) is 0 Å². The molecule has 0 saturated heterocycles. The number of benzene rings is 1. The number of pyridine rings is 1. The van der Waals surface area contributed by atoms with Gasteiger partial charge in [-0.2, -0.15) is 5.10 Å². The van der Waals surface area contributed by atoms with Crippen LogP contribution in [0, 0.1) is 20.8 Å². The maximum absolute atomic E-state index is 13.0. The van der Waals surface area contributed by atoms with Crippen LogP contribution in [0.25, 0.3) is 16.6 Å². The molecule has 0 aliphatic heterocycles. The SMILES string of the molecule is Cc1nn(C)c(C)c1CCC(=O)N[C@H](C)Cn1nc2c(C)cc3ccccc3n2c1=O. The van der Waals surface area contributed by atoms with Crippen LogP contribution >= 0.6 is 0 Å². The number of nitrogens with zero attached hydrogens (tertiary/aromatic N) is 5. The molecule has 1 N–H and O–H groups in total. The third kappa shape index (κ3) is 3.85. The second-order valence-corrected chi connectivity index (χ2v) is 8.25. The van der Waals surface area contributed by atoms with E-state index < -0.39 is 0 Å². The number of carbonyl (C=O) groups excluding carboxylic acids is 1. The third-order valence-electron chi connectivity index (χ3n) is 5.86. The topological polar surface area (TPSA) is 86.2 Å². The maximum atomic E-state index is 13.0. The van der Waals surface area contributed by atoms with Gasteiger partial charge in [0.1, 0.15) is 0 Å². The molecule has 0 bridgehead atoms. The number of rotatable bonds is 6. The molecule has 0 spiro atoms. The zero-order valence-electron chi connectivity index (χ0n) is 18.6. The van der Waals surface area contributed by atoms with Crippen molar-refractivity contribution in [1.29, 1.82) is 0 Å². The summed E-state index contributed by atoms with van der Waals surface area (Å²) in [6.07, 6.45) is 1.02. The molecule has 31 heavy (non-hydrogen) atoms. The fourth-order valence-electron chi connectivity index (χ4n) is 4.18. The van der Waals surface area contributed by atoms with Gasteiger partial charge in [-0.1, -0.05) is 18.2 Å². The molecule has 4 aromatic rings. The number of aryl methyl sites for hydroxylation is 3. The summed E-state index contributed by atoms with van der Waals surface area (Å²) in [5, 5.41) is 12.9. The smallest absolute Gasteiger partial charge is 0.350 e. The summed E-state index contributed by atoms with van der Waals surface area (Å²) < 4.78 is 4.93. The summed E-state index contributed by atoms with van der Waals surface area (Å²) >= 11 is 0. The predicted octanol–water partition coefficient (Wildman–Crippen LogP) is 2.45. The number of amides is 1. The Hall–Kier alpha value is -3.42. The van der Waals surface area contributed by atoms with E-state index >= 15 is 0 Å². The van der Waals surface area contributed by atoms with Crippen molar-refractivity contribution < 1.29 is 4.79 Å². The van der Waals surface area contributed by atoms with Gasteiger partial charge in [-0.25, -0.2) is 13.9 Å². The first-order valence-corrected chi connectivity index (χ1v) is 10.5. The molecule has 3 aromatic heterocycles. The van der Waals surface area contributed by atoms with Gasteiger partial charge >= 0.3 is 5.69 Å². The highest BCUT2D eigenvalue weighted by atomic mass is 16.2. The van der Waals surface area contributed by atoms with E-state index in [0.717, 1.165) is 33.4 Å². The Morgan fingerprint density at radius 3 is 2.61 bits per heavy atom. The number of para-hydroxylation sites is 1. The van der Waals surface area contributed by atoms with E-state index in [-0.39, 0.29) is 17.6 Å². The van der Waals surface area contributed by atoms with Crippen LogP contribution in [0.3, 0.4) is 0 Å². The van der Waals surface area contributed by atoms with Gasteiger partial charge in [0, 0.05) is 25.2 Å². The number of aromatic nitrogens is 5. The van der Waals surface area contributed by atoms with E-state index in [0.29, 0.717) is 25.0 Å². The Bertz CT molecular complexity index is 1340. The van der Waals surface area contributed by atoms with Gasteiger partial charge < -0.3 is 5.32 Å². The summed E-state index contributed by atoms with van der Waals surface area (Å²) in [7, 11) is 1.91.